The number of rotatable bonds is 14. The minimum Gasteiger partial charge on any atom is -0.351 e. The van der Waals surface area contributed by atoms with Gasteiger partial charge < -0.3 is 4.57 Å². The topological polar surface area (TPSA) is 4.93 Å². The summed E-state index contributed by atoms with van der Waals surface area (Å²) in [6.45, 7) is 5.79. The van der Waals surface area contributed by atoms with Crippen LogP contribution >= 0.6 is 0 Å². The lowest BCUT2D eigenvalue weighted by Crippen LogP contribution is -2.02. The van der Waals surface area contributed by atoms with Gasteiger partial charge in [-0.15, -0.1) is 0 Å². The molecule has 0 unspecified atom stereocenters. The third kappa shape index (κ3) is 9.01. The summed E-state index contributed by atoms with van der Waals surface area (Å²) in [4.78, 5) is 0. The van der Waals surface area contributed by atoms with Gasteiger partial charge in [0.1, 0.15) is 0 Å². The summed E-state index contributed by atoms with van der Waals surface area (Å²) in [7, 11) is 0. The van der Waals surface area contributed by atoms with Gasteiger partial charge in [-0.3, -0.25) is 0 Å². The van der Waals surface area contributed by atoms with Crippen molar-refractivity contribution in [1.29, 1.82) is 0 Å². The fourth-order valence-electron chi connectivity index (χ4n) is 3.02. The number of nitrogens with zero attached hydrogens (tertiary/aromatic N) is 1. The van der Waals surface area contributed by atoms with E-state index >= 15 is 0 Å². The van der Waals surface area contributed by atoms with Crippen molar-refractivity contribution in [2.24, 2.45) is 0 Å². The molecule has 0 amide bonds. The van der Waals surface area contributed by atoms with E-state index in [0.29, 0.717) is 0 Å². The second kappa shape index (κ2) is 13.0. The molecule has 0 saturated carbocycles. The highest BCUT2D eigenvalue weighted by Crippen LogP contribution is 2.12. The van der Waals surface area contributed by atoms with Gasteiger partial charge in [0.15, 0.2) is 0 Å². The van der Waals surface area contributed by atoms with E-state index in [1.807, 2.05) is 0 Å². The summed E-state index contributed by atoms with van der Waals surface area (Å²) in [6.07, 6.45) is 20.4. The van der Waals surface area contributed by atoms with E-state index in [-0.39, 0.29) is 0 Å². The van der Waals surface area contributed by atoms with Crippen LogP contribution in [0.3, 0.4) is 0 Å². The van der Waals surface area contributed by atoms with Crippen molar-refractivity contribution in [3.05, 3.63) is 24.0 Å². The highest BCUT2D eigenvalue weighted by Gasteiger charge is 2.00. The molecule has 1 heterocycles. The van der Waals surface area contributed by atoms with Crippen molar-refractivity contribution in [1.82, 2.24) is 4.57 Å². The molecule has 1 nitrogen and oxygen atoms in total. The van der Waals surface area contributed by atoms with Crippen molar-refractivity contribution in [3.63, 3.8) is 0 Å². The summed E-state index contributed by atoms with van der Waals surface area (Å²) < 4.78 is 2.47. The summed E-state index contributed by atoms with van der Waals surface area (Å²) >= 11 is 0. The zero-order chi connectivity index (χ0) is 15.2. The van der Waals surface area contributed by atoms with Crippen molar-refractivity contribution < 1.29 is 0 Å². The largest absolute Gasteiger partial charge is 0.351 e. The lowest BCUT2D eigenvalue weighted by atomic mass is 10.1. The van der Waals surface area contributed by atoms with Crippen molar-refractivity contribution in [3.8, 4) is 0 Å². The van der Waals surface area contributed by atoms with Gasteiger partial charge in [0.2, 0.25) is 0 Å². The molecule has 0 aliphatic carbocycles. The molecule has 1 rings (SSSR count). The van der Waals surface area contributed by atoms with Gasteiger partial charge in [-0.25, -0.2) is 0 Å². The molecule has 0 saturated heterocycles. The molecule has 1 aromatic heterocycles. The Labute approximate surface area is 133 Å². The SMILES string of the molecule is CCCCCCCCCCCCn1cccc1CCCC. The van der Waals surface area contributed by atoms with Crippen LogP contribution in [-0.4, -0.2) is 4.57 Å². The average Bonchev–Trinajstić information content (AvgIpc) is 2.94. The fourth-order valence-corrected chi connectivity index (χ4v) is 3.02. The Morgan fingerprint density at radius 3 is 1.90 bits per heavy atom. The molecular weight excluding hydrogens is 254 g/mol. The molecule has 1 aromatic rings. The Morgan fingerprint density at radius 2 is 1.29 bits per heavy atom. The van der Waals surface area contributed by atoms with Gasteiger partial charge in [0, 0.05) is 18.4 Å². The molecule has 0 aliphatic heterocycles. The van der Waals surface area contributed by atoms with E-state index in [4.69, 9.17) is 0 Å². The third-order valence-electron chi connectivity index (χ3n) is 4.46. The first-order valence-electron chi connectivity index (χ1n) is 9.52. The van der Waals surface area contributed by atoms with Crippen molar-refractivity contribution >= 4 is 0 Å². The van der Waals surface area contributed by atoms with Crippen LogP contribution in [0.4, 0.5) is 0 Å². The highest BCUT2D eigenvalue weighted by molar-refractivity contribution is 5.07. The number of hydrogen-bond donors (Lipinski definition) is 0. The van der Waals surface area contributed by atoms with Crippen LogP contribution in [0.25, 0.3) is 0 Å². The molecule has 0 aromatic carbocycles. The Balaban J connectivity index is 1.95. The summed E-state index contributed by atoms with van der Waals surface area (Å²) in [5, 5.41) is 0. The summed E-state index contributed by atoms with van der Waals surface area (Å²) in [6, 6.07) is 4.51. The third-order valence-corrected chi connectivity index (χ3v) is 4.46. The normalized spacial score (nSPS) is 11.1. The standard InChI is InChI=1S/C20H37N/c1-3-5-7-8-9-10-11-12-13-14-18-21-19-15-17-20(21)16-6-4-2/h15,17,19H,3-14,16,18H2,1-2H3. The minimum absolute atomic E-state index is 1.22. The number of aromatic nitrogens is 1. The molecule has 0 aliphatic rings. The summed E-state index contributed by atoms with van der Waals surface area (Å²) in [5.41, 5.74) is 1.53. The Hall–Kier alpha value is -0.720. The lowest BCUT2D eigenvalue weighted by molar-refractivity contribution is 0.528. The van der Waals surface area contributed by atoms with E-state index in [9.17, 15) is 0 Å². The van der Waals surface area contributed by atoms with E-state index in [0.717, 1.165) is 0 Å². The molecule has 0 spiro atoms. The zero-order valence-corrected chi connectivity index (χ0v) is 14.6. The predicted molar refractivity (Wildman–Crippen MR) is 94.9 cm³/mol. The molecule has 1 heteroatoms. The second-order valence-corrected chi connectivity index (χ2v) is 6.48. The monoisotopic (exact) mass is 291 g/mol. The van der Waals surface area contributed by atoms with Gasteiger partial charge in [0.25, 0.3) is 0 Å². The van der Waals surface area contributed by atoms with Gasteiger partial charge in [0.05, 0.1) is 0 Å². The second-order valence-electron chi connectivity index (χ2n) is 6.48. The predicted octanol–water partition coefficient (Wildman–Crippen LogP) is 6.75. The van der Waals surface area contributed by atoms with Crippen LogP contribution in [0.5, 0.6) is 0 Å². The van der Waals surface area contributed by atoms with E-state index in [1.165, 1.54) is 95.7 Å². The first kappa shape index (κ1) is 18.3. The molecule has 0 N–H and O–H groups in total. The van der Waals surface area contributed by atoms with E-state index < -0.39 is 0 Å². The van der Waals surface area contributed by atoms with Crippen LogP contribution < -0.4 is 0 Å². The molecule has 21 heavy (non-hydrogen) atoms. The fraction of sp³-hybridized carbons (Fsp3) is 0.800. The minimum atomic E-state index is 1.22. The first-order valence-corrected chi connectivity index (χ1v) is 9.52. The number of unbranched alkanes of at least 4 members (excludes halogenated alkanes) is 10. The molecule has 0 fully saturated rings. The van der Waals surface area contributed by atoms with E-state index in [1.54, 1.807) is 0 Å². The van der Waals surface area contributed by atoms with Crippen LogP contribution in [0.15, 0.2) is 18.3 Å². The zero-order valence-electron chi connectivity index (χ0n) is 14.6. The molecule has 0 atom stereocenters. The first-order chi connectivity index (χ1) is 10.4. The Kier molecular flexibility index (Phi) is 11.3. The van der Waals surface area contributed by atoms with Gasteiger partial charge in [-0.1, -0.05) is 78.1 Å². The Morgan fingerprint density at radius 1 is 0.714 bits per heavy atom. The maximum atomic E-state index is 2.47. The van der Waals surface area contributed by atoms with Crippen molar-refractivity contribution in [2.75, 3.05) is 0 Å². The van der Waals surface area contributed by atoms with E-state index in [2.05, 4.69) is 36.7 Å². The summed E-state index contributed by atoms with van der Waals surface area (Å²) in [5.74, 6) is 0. The van der Waals surface area contributed by atoms with Gasteiger partial charge >= 0.3 is 0 Å². The molecule has 0 bridgehead atoms. The maximum absolute atomic E-state index is 2.47. The smallest absolute Gasteiger partial charge is 0.0222 e. The quantitative estimate of drug-likeness (QED) is 0.334. The Bertz CT molecular complexity index is 326. The highest BCUT2D eigenvalue weighted by atomic mass is 15.0. The maximum Gasteiger partial charge on any atom is 0.0222 e. The van der Waals surface area contributed by atoms with Crippen LogP contribution in [0.1, 0.15) is 96.6 Å². The van der Waals surface area contributed by atoms with Crippen LogP contribution in [0, 0.1) is 0 Å². The lowest BCUT2D eigenvalue weighted by Gasteiger charge is -2.09. The molecule has 0 radical (unpaired) electrons. The van der Waals surface area contributed by atoms with Crippen LogP contribution in [-0.2, 0) is 13.0 Å². The molecule has 122 valence electrons. The van der Waals surface area contributed by atoms with Crippen molar-refractivity contribution in [2.45, 2.75) is 104 Å². The molecular formula is C20H37N. The number of hydrogen-bond acceptors (Lipinski definition) is 0. The average molecular weight is 292 g/mol. The van der Waals surface area contributed by atoms with Gasteiger partial charge in [-0.05, 0) is 31.4 Å². The van der Waals surface area contributed by atoms with Crippen LogP contribution in [0.2, 0.25) is 0 Å². The van der Waals surface area contributed by atoms with Gasteiger partial charge in [-0.2, -0.15) is 0 Å². The number of aryl methyl sites for hydroxylation is 2.